The van der Waals surface area contributed by atoms with E-state index in [4.69, 9.17) is 4.74 Å². The number of piperidine rings is 3. The van der Waals surface area contributed by atoms with Gasteiger partial charge in [-0.2, -0.15) is 16.9 Å². The van der Waals surface area contributed by atoms with Gasteiger partial charge in [-0.1, -0.05) is 115 Å². The van der Waals surface area contributed by atoms with Gasteiger partial charge in [0, 0.05) is 169 Å². The van der Waals surface area contributed by atoms with Gasteiger partial charge in [0.15, 0.2) is 17.3 Å². The molecule has 25 nitrogen and oxygen atoms in total. The van der Waals surface area contributed by atoms with Gasteiger partial charge in [-0.05, 0) is 245 Å². The molecule has 3 saturated heterocycles. The predicted octanol–water partition coefficient (Wildman–Crippen LogP) is 18.7. The summed E-state index contributed by atoms with van der Waals surface area (Å²) in [6.07, 6.45) is 23.3. The number of Topliss-reactive ketones (excluding diaryl/α,β-unsaturated/α-hetero) is 5. The molecule has 0 unspecified atom stereocenters. The summed E-state index contributed by atoms with van der Waals surface area (Å²) in [4.78, 5) is 179. The fourth-order valence-corrected chi connectivity index (χ4v) is 21.1. The molecule has 3 aliphatic heterocycles. The number of nitrogens with one attached hydrogen (secondary N) is 6. The number of aromatic amines is 3. The van der Waals surface area contributed by atoms with Gasteiger partial charge in [-0.15, -0.1) is 6.58 Å². The number of carbonyl (C=O) groups excluding carboxylic acids is 12. The van der Waals surface area contributed by atoms with E-state index in [2.05, 4.69) is 133 Å². The molecule has 6 N–H and O–H groups in total. The zero-order valence-corrected chi connectivity index (χ0v) is 82.7. The molecular formula is C103H147BrN12O13S. The molecule has 15 atom stereocenters. The van der Waals surface area contributed by atoms with E-state index in [1.807, 2.05) is 115 Å². The predicted molar refractivity (Wildman–Crippen MR) is 519 cm³/mol. The zero-order valence-electron chi connectivity index (χ0n) is 80.3. The fraction of sp³-hybridized carbons (Fsp3) is 0.612. The first-order chi connectivity index (χ1) is 61.8. The van der Waals surface area contributed by atoms with Crippen molar-refractivity contribution in [1.29, 1.82) is 0 Å². The average Bonchev–Trinajstić information content (AvgIpc) is 1.62. The van der Waals surface area contributed by atoms with Gasteiger partial charge in [0.1, 0.15) is 23.7 Å². The van der Waals surface area contributed by atoms with E-state index >= 15 is 0 Å². The average molecular weight is 1870 g/mol. The Labute approximate surface area is 782 Å². The van der Waals surface area contributed by atoms with Crippen molar-refractivity contribution in [3.63, 3.8) is 0 Å². The number of benzene rings is 3. The van der Waals surface area contributed by atoms with E-state index in [1.165, 1.54) is 24.9 Å². The number of hydrogen-bond acceptors (Lipinski definition) is 16. The fourth-order valence-electron chi connectivity index (χ4n) is 20.0. The number of ketones is 5. The van der Waals surface area contributed by atoms with Crippen molar-refractivity contribution in [2.75, 3.05) is 19.1 Å². The van der Waals surface area contributed by atoms with Crippen LogP contribution in [0.15, 0.2) is 103 Å². The lowest BCUT2D eigenvalue weighted by Crippen LogP contribution is -2.50. The third-order valence-electron chi connectivity index (χ3n) is 27.2. The molecule has 0 spiro atoms. The number of likely N-dealkylation sites (tertiary alicyclic amines) is 3. The number of para-hydroxylation sites is 3. The Balaban J connectivity index is 0.000000221. The van der Waals surface area contributed by atoms with Crippen LogP contribution < -0.4 is 16.0 Å². The Bertz CT molecular complexity index is 4990. The molecule has 4 fully saturated rings. The van der Waals surface area contributed by atoms with Gasteiger partial charge in [0.05, 0.1) is 35.4 Å². The molecule has 1 saturated carbocycles. The monoisotopic (exact) mass is 1870 g/mol. The number of ether oxygens (including phenoxy) is 1. The highest BCUT2D eigenvalue weighted by atomic mass is 79.9. The molecule has 6 amide bonds. The van der Waals surface area contributed by atoms with Crippen molar-refractivity contribution in [1.82, 2.24) is 60.4 Å². The van der Waals surface area contributed by atoms with Crippen molar-refractivity contribution in [2.45, 2.75) is 338 Å². The number of hydrogen-bond donors (Lipinski definition) is 6. The molecule has 11 rings (SSSR count). The van der Waals surface area contributed by atoms with Crippen molar-refractivity contribution in [3.05, 3.63) is 131 Å². The minimum absolute atomic E-state index is 0.00428. The van der Waals surface area contributed by atoms with E-state index in [1.54, 1.807) is 31.0 Å². The molecule has 4 aromatic heterocycles. The van der Waals surface area contributed by atoms with Gasteiger partial charge >= 0.3 is 6.09 Å². The van der Waals surface area contributed by atoms with Crippen molar-refractivity contribution in [3.8, 4) is 0 Å². The molecule has 1 aliphatic carbocycles. The normalized spacial score (nSPS) is 19.8. The maximum Gasteiger partial charge on any atom is 0.418 e. The first-order valence-electron chi connectivity index (χ1n) is 47.7. The van der Waals surface area contributed by atoms with Crippen LogP contribution in [0.5, 0.6) is 0 Å². The van der Waals surface area contributed by atoms with Crippen LogP contribution in [0.1, 0.15) is 285 Å². The van der Waals surface area contributed by atoms with Crippen LogP contribution in [0, 0.1) is 53.8 Å². The number of carbonyl (C=O) groups is 12. The second kappa shape index (κ2) is 49.4. The SMILES string of the molecule is C=CC[C@@H](CC(=O)[C@@H](Cc1c(Br)[nH]c2ccccc12)NC(=O)[C@@H](CC(=O)N1[C@H](C)CCC[C@@H]1C)CC(C)C)C(C)=O.CCCC[C@@H](CC(=O)[C@@H](Cc1cn(C(=O)OC)c2ccccc12)NC(=O)[C@@H](CC(=O)N1[C@H](C)CCC[C@@H]1C)CC(C)(C)C)c1ncn[nH]1.CSCC[C@@H](CC(=O)[C@@H](Cc1c(C)[nH]c2ccccc12)NC(=O)[C@@H](CC(=O)N1[C@H](C)CCC[C@@H]1C)C1CC1)C(C)=O. The maximum atomic E-state index is 14.3. The van der Waals surface area contributed by atoms with Crippen LogP contribution in [-0.4, -0.2) is 188 Å². The second-order valence-electron chi connectivity index (χ2n) is 39.3. The molecule has 710 valence electrons. The molecule has 0 bridgehead atoms. The van der Waals surface area contributed by atoms with Gasteiger partial charge in [-0.3, -0.25) is 62.4 Å². The molecule has 27 heteroatoms. The number of amides is 6. The van der Waals surface area contributed by atoms with Crippen LogP contribution in [-0.2, 0) is 76.7 Å². The summed E-state index contributed by atoms with van der Waals surface area (Å²) in [5.41, 5.74) is 5.92. The lowest BCUT2D eigenvalue weighted by molar-refractivity contribution is -0.142. The van der Waals surface area contributed by atoms with Gasteiger partial charge in [0.25, 0.3) is 0 Å². The van der Waals surface area contributed by atoms with E-state index in [0.717, 1.165) is 150 Å². The van der Waals surface area contributed by atoms with E-state index in [9.17, 15) is 57.5 Å². The molecule has 7 aromatic rings. The number of unbranched alkanes of at least 4 members (excludes halogenated alkanes) is 1. The highest BCUT2D eigenvalue weighted by Crippen LogP contribution is 2.41. The van der Waals surface area contributed by atoms with Crippen molar-refractivity contribution in [2.24, 2.45) is 46.8 Å². The molecule has 0 radical (unpaired) electrons. The Kier molecular flexibility index (Phi) is 39.6. The number of allylic oxidation sites excluding steroid dienone is 1. The Hall–Kier alpha value is -9.37. The van der Waals surface area contributed by atoms with E-state index < -0.39 is 47.9 Å². The van der Waals surface area contributed by atoms with Crippen LogP contribution in [0.4, 0.5) is 4.79 Å². The summed E-state index contributed by atoms with van der Waals surface area (Å²) in [5, 5.41) is 19.0. The van der Waals surface area contributed by atoms with Gasteiger partial charge in [-0.25, -0.2) is 9.78 Å². The third-order valence-corrected chi connectivity index (χ3v) is 28.5. The van der Waals surface area contributed by atoms with Crippen LogP contribution >= 0.6 is 27.7 Å². The number of aromatic nitrogens is 6. The van der Waals surface area contributed by atoms with Gasteiger partial charge < -0.3 is 45.4 Å². The van der Waals surface area contributed by atoms with E-state index in [0.29, 0.717) is 43.4 Å². The molecule has 7 heterocycles. The molecular weight excluding hydrogens is 1730 g/mol. The highest BCUT2D eigenvalue weighted by Gasteiger charge is 2.44. The molecule has 3 aromatic carbocycles. The number of H-pyrrole nitrogens is 3. The van der Waals surface area contributed by atoms with Crippen LogP contribution in [0.3, 0.4) is 0 Å². The Morgan fingerprint density at radius 2 is 1.05 bits per heavy atom. The molecule has 130 heavy (non-hydrogen) atoms. The number of aryl methyl sites for hydroxylation is 1. The number of rotatable bonds is 42. The maximum absolute atomic E-state index is 14.3. The summed E-state index contributed by atoms with van der Waals surface area (Å²) < 4.78 is 7.20. The lowest BCUT2D eigenvalue weighted by Gasteiger charge is -2.40. The molecule has 4 aliphatic rings. The largest absolute Gasteiger partial charge is 0.452 e. The number of fused-ring (bicyclic) bond motifs is 3. The summed E-state index contributed by atoms with van der Waals surface area (Å²) in [5.74, 6) is -2.17. The third kappa shape index (κ3) is 29.1. The first kappa shape index (κ1) is 104. The summed E-state index contributed by atoms with van der Waals surface area (Å²) >= 11 is 5.26. The number of thioether (sulfide) groups is 1. The van der Waals surface area contributed by atoms with Crippen LogP contribution in [0.25, 0.3) is 32.7 Å². The number of nitrogens with zero attached hydrogens (tertiary/aromatic N) is 6. The zero-order chi connectivity index (χ0) is 95.0. The Morgan fingerprint density at radius 3 is 1.55 bits per heavy atom. The Morgan fingerprint density at radius 1 is 0.585 bits per heavy atom. The number of methoxy groups -OCH3 is 1. The quantitative estimate of drug-likeness (QED) is 0.0194. The first-order valence-corrected chi connectivity index (χ1v) is 49.9. The second-order valence-corrected chi connectivity index (χ2v) is 41.1. The minimum atomic E-state index is -0.896. The van der Waals surface area contributed by atoms with Crippen LogP contribution in [0.2, 0.25) is 0 Å². The van der Waals surface area contributed by atoms with Gasteiger partial charge in [0.2, 0.25) is 35.4 Å². The lowest BCUT2D eigenvalue weighted by atomic mass is 9.81. The highest BCUT2D eigenvalue weighted by molar-refractivity contribution is 9.10. The standard InChI is InChI=1S/C37H54N6O5.C33H46BrN3O4.C33H47N3O4S/c1-8-9-15-26(34-38-23-39-41-34)19-32(44)30(18-28-22-42(36(47)48-7)31-17-11-10-16-29(28)31)40-35(46)27(21-37(4,5)6)20-33(45)43-24(2)13-12-14-25(43)3;1-7-11-24(23(6)38)17-30(39)29(19-27-26-14-8-9-15-28(26)35-32(27)34)36-33(41)25(16-20(2)3)18-31(40)37-21(4)12-10-13-22(37)5;1-20-9-8-10-21(2)36(20)32(39)19-28(24-13-14-24)33(40)35-30(31(38)17-25(23(4)37)15-16-41-5)18-27-22(3)34-29-12-7-6-11-26(27)29/h10-11,16-17,22-27,30H,8-9,12-15,18-21H2,1-7H3,(H,40,46)(H,38,39,41);7-9,14-15,20-22,24-25,29,35H,1,10-13,16-19H2,2-6H3,(H,36,41);6-7,11-12,20-21,24-25,28,30,34H,8-10,13-19H2,1-5H3,(H,35,40)/t24-,25+,26-,27-,30+;21-,22+,24-,25+,29+;20-,21+,25-,28-,30+/m000/s1. The van der Waals surface area contributed by atoms with Crippen molar-refractivity contribution < 1.29 is 62.3 Å². The smallest absolute Gasteiger partial charge is 0.418 e. The topological polar surface area (TPSA) is 338 Å². The summed E-state index contributed by atoms with van der Waals surface area (Å²) in [6, 6.07) is 21.6. The minimum Gasteiger partial charge on any atom is -0.452 e. The number of halogens is 1. The van der Waals surface area contributed by atoms with Crippen molar-refractivity contribution >= 4 is 131 Å². The summed E-state index contributed by atoms with van der Waals surface area (Å²) in [6.45, 7) is 33.6. The summed E-state index contributed by atoms with van der Waals surface area (Å²) in [7, 11) is 1.32. The van der Waals surface area contributed by atoms with E-state index in [-0.39, 0.29) is 181 Å².